The van der Waals surface area contributed by atoms with Crippen LogP contribution in [0.4, 0.5) is 0 Å². The molecule has 6 nitrogen and oxygen atoms in total. The van der Waals surface area contributed by atoms with E-state index in [1.165, 1.54) is 0 Å². The van der Waals surface area contributed by atoms with Crippen LogP contribution in [0.2, 0.25) is 0 Å². The van der Waals surface area contributed by atoms with Crippen molar-refractivity contribution in [1.29, 1.82) is 0 Å². The number of primary sulfonamides is 1. The lowest BCUT2D eigenvalue weighted by Gasteiger charge is -2.31. The molecule has 1 aromatic carbocycles. The summed E-state index contributed by atoms with van der Waals surface area (Å²) in [6.45, 7) is 0.749. The number of carbonyl (C=O) groups excluding carboxylic acids is 1. The topological polar surface area (TPSA) is 93.4 Å². The third kappa shape index (κ3) is 3.51. The Morgan fingerprint density at radius 1 is 1.30 bits per heavy atom. The second-order valence-corrected chi connectivity index (χ2v) is 7.71. The fourth-order valence-electron chi connectivity index (χ4n) is 3.02. The molecule has 0 radical (unpaired) electrons. The minimum Gasteiger partial charge on any atom is -0.341 e. The van der Waals surface area contributed by atoms with Crippen LogP contribution in [0.3, 0.4) is 0 Å². The molecule has 1 fully saturated rings. The van der Waals surface area contributed by atoms with Crippen LogP contribution in [0.1, 0.15) is 18.4 Å². The Balaban J connectivity index is 1.78. The summed E-state index contributed by atoms with van der Waals surface area (Å²) in [7, 11) is -3.61. The molecule has 1 saturated heterocycles. The highest BCUT2D eigenvalue weighted by Gasteiger charge is 2.30. The highest BCUT2D eigenvalue weighted by Crippen LogP contribution is 2.20. The first-order chi connectivity index (χ1) is 10.9. The van der Waals surface area contributed by atoms with Crippen molar-refractivity contribution < 1.29 is 13.2 Å². The number of amides is 1. The molecule has 7 heteroatoms. The summed E-state index contributed by atoms with van der Waals surface area (Å²) in [5.74, 6) is -0.0866. The zero-order valence-corrected chi connectivity index (χ0v) is 13.5. The predicted octanol–water partition coefficient (Wildman–Crippen LogP) is 1.06. The number of benzene rings is 1. The van der Waals surface area contributed by atoms with Crippen LogP contribution < -0.4 is 5.14 Å². The zero-order chi connectivity index (χ0) is 16.4. The molecule has 0 saturated carbocycles. The number of nitrogens with two attached hydrogens (primary N) is 1. The van der Waals surface area contributed by atoms with Crippen LogP contribution in [-0.2, 0) is 21.2 Å². The molecule has 2 aromatic rings. The lowest BCUT2D eigenvalue weighted by molar-refractivity contribution is -0.131. The largest absolute Gasteiger partial charge is 0.341 e. The number of sulfonamides is 1. The SMILES string of the molecule is NS(=O)(=O)C1CCCN(C(=O)Cc2cccc3cccnc23)C1. The van der Waals surface area contributed by atoms with Gasteiger partial charge in [0.1, 0.15) is 0 Å². The van der Waals surface area contributed by atoms with Gasteiger partial charge in [-0.05, 0) is 24.5 Å². The van der Waals surface area contributed by atoms with E-state index < -0.39 is 15.3 Å². The average molecular weight is 333 g/mol. The molecular weight excluding hydrogens is 314 g/mol. The number of pyridine rings is 1. The maximum absolute atomic E-state index is 12.5. The predicted molar refractivity (Wildman–Crippen MR) is 88.2 cm³/mol. The smallest absolute Gasteiger partial charge is 0.227 e. The van der Waals surface area contributed by atoms with Crippen molar-refractivity contribution in [3.8, 4) is 0 Å². The van der Waals surface area contributed by atoms with Gasteiger partial charge in [0.05, 0.1) is 17.2 Å². The number of rotatable bonds is 3. The number of nitrogens with zero attached hydrogens (tertiary/aromatic N) is 2. The number of aromatic nitrogens is 1. The number of fused-ring (bicyclic) bond motifs is 1. The first-order valence-electron chi connectivity index (χ1n) is 7.57. The summed E-state index contributed by atoms with van der Waals surface area (Å²) in [6.07, 6.45) is 3.08. The molecule has 122 valence electrons. The van der Waals surface area contributed by atoms with Crippen molar-refractivity contribution in [2.75, 3.05) is 13.1 Å². The minimum absolute atomic E-state index is 0.0866. The number of para-hydroxylation sites is 1. The molecule has 2 heterocycles. The maximum Gasteiger partial charge on any atom is 0.227 e. The van der Waals surface area contributed by atoms with Crippen molar-refractivity contribution in [2.24, 2.45) is 5.14 Å². The van der Waals surface area contributed by atoms with Crippen molar-refractivity contribution in [1.82, 2.24) is 9.88 Å². The average Bonchev–Trinajstić information content (AvgIpc) is 2.54. The summed E-state index contributed by atoms with van der Waals surface area (Å²) in [5.41, 5.74) is 1.66. The van der Waals surface area contributed by atoms with Gasteiger partial charge in [-0.3, -0.25) is 9.78 Å². The van der Waals surface area contributed by atoms with E-state index in [-0.39, 0.29) is 18.9 Å². The number of likely N-dealkylation sites (tertiary alicyclic amines) is 1. The van der Waals surface area contributed by atoms with E-state index in [0.717, 1.165) is 16.5 Å². The van der Waals surface area contributed by atoms with Gasteiger partial charge in [-0.2, -0.15) is 0 Å². The molecule has 1 aliphatic heterocycles. The van der Waals surface area contributed by atoms with E-state index >= 15 is 0 Å². The highest BCUT2D eigenvalue weighted by atomic mass is 32.2. The Labute approximate surface area is 135 Å². The molecule has 23 heavy (non-hydrogen) atoms. The Hall–Kier alpha value is -1.99. The van der Waals surface area contributed by atoms with Crippen LogP contribution in [0.5, 0.6) is 0 Å². The van der Waals surface area contributed by atoms with Crippen molar-refractivity contribution in [3.63, 3.8) is 0 Å². The molecule has 1 atom stereocenters. The fourth-order valence-corrected chi connectivity index (χ4v) is 3.90. The van der Waals surface area contributed by atoms with Crippen molar-refractivity contribution >= 4 is 26.8 Å². The second kappa shape index (κ2) is 6.25. The van der Waals surface area contributed by atoms with Crippen LogP contribution >= 0.6 is 0 Å². The van der Waals surface area contributed by atoms with Gasteiger partial charge in [0, 0.05) is 24.7 Å². The standard InChI is InChI=1S/C16H19N3O3S/c17-23(21,22)14-7-3-9-19(11-14)15(20)10-13-5-1-4-12-6-2-8-18-16(12)13/h1-2,4-6,8,14H,3,7,9-11H2,(H2,17,21,22). The molecule has 0 spiro atoms. The van der Waals surface area contributed by atoms with Gasteiger partial charge in [-0.1, -0.05) is 24.3 Å². The van der Waals surface area contributed by atoms with Gasteiger partial charge in [0.15, 0.2) is 0 Å². The number of hydrogen-bond acceptors (Lipinski definition) is 4. The lowest BCUT2D eigenvalue weighted by atomic mass is 10.0. The summed E-state index contributed by atoms with van der Waals surface area (Å²) in [4.78, 5) is 18.5. The molecule has 0 aliphatic carbocycles. The van der Waals surface area contributed by atoms with E-state index in [9.17, 15) is 13.2 Å². The van der Waals surface area contributed by atoms with E-state index in [1.54, 1.807) is 11.1 Å². The lowest BCUT2D eigenvalue weighted by Crippen LogP contribution is -2.47. The second-order valence-electron chi connectivity index (χ2n) is 5.86. The third-order valence-corrected chi connectivity index (χ3v) is 5.57. The first-order valence-corrected chi connectivity index (χ1v) is 9.18. The molecule has 2 N–H and O–H groups in total. The number of hydrogen-bond donors (Lipinski definition) is 1. The van der Waals surface area contributed by atoms with Gasteiger partial charge < -0.3 is 4.90 Å². The summed E-state index contributed by atoms with van der Waals surface area (Å²) in [6, 6.07) is 9.54. The normalized spacial score (nSPS) is 19.0. The fraction of sp³-hybridized carbons (Fsp3) is 0.375. The number of piperidine rings is 1. The summed E-state index contributed by atoms with van der Waals surface area (Å²) in [5, 5.41) is 5.55. The summed E-state index contributed by atoms with van der Waals surface area (Å²) >= 11 is 0. The minimum atomic E-state index is -3.61. The van der Waals surface area contributed by atoms with Crippen molar-refractivity contribution in [2.45, 2.75) is 24.5 Å². The highest BCUT2D eigenvalue weighted by molar-refractivity contribution is 7.89. The van der Waals surface area contributed by atoms with Gasteiger partial charge >= 0.3 is 0 Å². The van der Waals surface area contributed by atoms with Crippen LogP contribution in [0.25, 0.3) is 10.9 Å². The Bertz CT molecular complexity index is 830. The first kappa shape index (κ1) is 15.9. The van der Waals surface area contributed by atoms with E-state index in [0.29, 0.717) is 19.4 Å². The summed E-state index contributed by atoms with van der Waals surface area (Å²) < 4.78 is 23.0. The number of carbonyl (C=O) groups is 1. The molecular formula is C16H19N3O3S. The van der Waals surface area contributed by atoms with Crippen molar-refractivity contribution in [3.05, 3.63) is 42.1 Å². The van der Waals surface area contributed by atoms with Gasteiger partial charge in [-0.25, -0.2) is 13.6 Å². The molecule has 0 bridgehead atoms. The van der Waals surface area contributed by atoms with E-state index in [1.807, 2.05) is 30.3 Å². The molecule has 3 rings (SSSR count). The maximum atomic E-state index is 12.5. The monoisotopic (exact) mass is 333 g/mol. The molecule has 1 aliphatic rings. The van der Waals surface area contributed by atoms with E-state index in [2.05, 4.69) is 4.98 Å². The van der Waals surface area contributed by atoms with Gasteiger partial charge in [0.25, 0.3) is 0 Å². The Kier molecular flexibility index (Phi) is 4.32. The molecule has 1 aromatic heterocycles. The third-order valence-electron chi connectivity index (χ3n) is 4.25. The van der Waals surface area contributed by atoms with Crippen LogP contribution in [-0.4, -0.2) is 42.5 Å². The van der Waals surface area contributed by atoms with Gasteiger partial charge in [0.2, 0.25) is 15.9 Å². The van der Waals surface area contributed by atoms with Crippen LogP contribution in [0.15, 0.2) is 36.5 Å². The molecule has 1 unspecified atom stereocenters. The Morgan fingerprint density at radius 3 is 2.87 bits per heavy atom. The Morgan fingerprint density at radius 2 is 2.09 bits per heavy atom. The van der Waals surface area contributed by atoms with Gasteiger partial charge in [-0.15, -0.1) is 0 Å². The quantitative estimate of drug-likeness (QED) is 0.909. The van der Waals surface area contributed by atoms with E-state index in [4.69, 9.17) is 5.14 Å². The molecule has 1 amide bonds. The zero-order valence-electron chi connectivity index (χ0n) is 12.7. The van der Waals surface area contributed by atoms with Crippen LogP contribution in [0, 0.1) is 0 Å².